The van der Waals surface area contributed by atoms with Gasteiger partial charge in [-0.3, -0.25) is 0 Å². The Morgan fingerprint density at radius 2 is 2.25 bits per heavy atom. The first-order valence-corrected chi connectivity index (χ1v) is 7.06. The molecule has 4 nitrogen and oxygen atoms in total. The van der Waals surface area contributed by atoms with E-state index in [-0.39, 0.29) is 6.04 Å². The number of nitrogens with zero attached hydrogens (tertiary/aromatic N) is 3. The van der Waals surface area contributed by atoms with Crippen LogP contribution in [0.5, 0.6) is 0 Å². The zero-order chi connectivity index (χ0) is 14.1. The van der Waals surface area contributed by atoms with Gasteiger partial charge in [-0.2, -0.15) is 5.26 Å². The van der Waals surface area contributed by atoms with Gasteiger partial charge in [-0.25, -0.2) is 4.98 Å². The summed E-state index contributed by atoms with van der Waals surface area (Å²) < 4.78 is 0. The quantitative estimate of drug-likeness (QED) is 0.875. The largest absolute Gasteiger partial charge is 0.355 e. The molecule has 0 radical (unpaired) electrons. The number of piperidine rings is 1. The van der Waals surface area contributed by atoms with Gasteiger partial charge in [-0.1, -0.05) is 11.6 Å². The molecule has 0 amide bonds. The van der Waals surface area contributed by atoms with Crippen molar-refractivity contribution in [3.63, 3.8) is 0 Å². The highest BCUT2D eigenvalue weighted by molar-refractivity contribution is 6.31. The van der Waals surface area contributed by atoms with Gasteiger partial charge in [-0.15, -0.1) is 0 Å². The number of rotatable bonds is 1. The van der Waals surface area contributed by atoms with Crippen LogP contribution in [0.2, 0.25) is 5.02 Å². The average molecular weight is 287 g/mol. The minimum atomic E-state index is 0.178. The van der Waals surface area contributed by atoms with Gasteiger partial charge in [0.25, 0.3) is 0 Å². The lowest BCUT2D eigenvalue weighted by Gasteiger charge is -2.31. The molecule has 2 aromatic rings. The number of aromatic nitrogens is 1. The Hall–Kier alpha value is -1.83. The number of fused-ring (bicyclic) bond motifs is 1. The van der Waals surface area contributed by atoms with E-state index >= 15 is 0 Å². The van der Waals surface area contributed by atoms with Crippen LogP contribution in [0, 0.1) is 11.3 Å². The van der Waals surface area contributed by atoms with E-state index in [4.69, 9.17) is 17.3 Å². The topological polar surface area (TPSA) is 65.9 Å². The molecule has 1 aromatic carbocycles. The molecule has 1 saturated heterocycles. The van der Waals surface area contributed by atoms with Crippen LogP contribution in [0.15, 0.2) is 24.3 Å². The molecule has 1 fully saturated rings. The number of pyridine rings is 1. The summed E-state index contributed by atoms with van der Waals surface area (Å²) in [5.74, 6) is 0.825. The SMILES string of the molecule is N#Cc1cc(N2CCC[C@@H](N)C2)nc2ccc(Cl)cc12. The average Bonchev–Trinajstić information content (AvgIpc) is 2.46. The standard InChI is InChI=1S/C15H15ClN4/c16-11-3-4-14-13(7-11)10(8-17)6-15(19-14)20-5-1-2-12(18)9-20/h3-4,6-7,12H,1-2,5,9,18H2/t12-/m1/s1. The Morgan fingerprint density at radius 1 is 1.40 bits per heavy atom. The van der Waals surface area contributed by atoms with E-state index in [2.05, 4.69) is 16.0 Å². The zero-order valence-electron chi connectivity index (χ0n) is 11.0. The maximum Gasteiger partial charge on any atom is 0.130 e. The molecular weight excluding hydrogens is 272 g/mol. The Bertz CT molecular complexity index is 692. The molecule has 3 rings (SSSR count). The molecule has 1 aliphatic heterocycles. The summed E-state index contributed by atoms with van der Waals surface area (Å²) in [6.07, 6.45) is 2.11. The minimum Gasteiger partial charge on any atom is -0.355 e. The monoisotopic (exact) mass is 286 g/mol. The lowest BCUT2D eigenvalue weighted by molar-refractivity contribution is 0.503. The van der Waals surface area contributed by atoms with Crippen LogP contribution >= 0.6 is 11.6 Å². The minimum absolute atomic E-state index is 0.178. The van der Waals surface area contributed by atoms with E-state index < -0.39 is 0 Å². The number of nitrogens with two attached hydrogens (primary N) is 1. The maximum atomic E-state index is 9.34. The van der Waals surface area contributed by atoms with Crippen LogP contribution in [-0.4, -0.2) is 24.1 Å². The molecule has 0 bridgehead atoms. The maximum absolute atomic E-state index is 9.34. The highest BCUT2D eigenvalue weighted by atomic mass is 35.5. The van der Waals surface area contributed by atoms with Gasteiger partial charge in [0.1, 0.15) is 5.82 Å². The third kappa shape index (κ3) is 2.43. The first-order chi connectivity index (χ1) is 9.67. The fourth-order valence-electron chi connectivity index (χ4n) is 2.66. The van der Waals surface area contributed by atoms with Crippen molar-refractivity contribution >= 4 is 28.3 Å². The number of nitriles is 1. The van der Waals surface area contributed by atoms with Crippen molar-refractivity contribution in [3.05, 3.63) is 34.9 Å². The van der Waals surface area contributed by atoms with Crippen LogP contribution in [0.1, 0.15) is 18.4 Å². The number of hydrogen-bond donors (Lipinski definition) is 1. The van der Waals surface area contributed by atoms with Crippen molar-refractivity contribution in [1.29, 1.82) is 5.26 Å². The Kier molecular flexibility index (Phi) is 3.47. The van der Waals surface area contributed by atoms with E-state index in [1.54, 1.807) is 12.1 Å². The first kappa shape index (κ1) is 13.2. The lowest BCUT2D eigenvalue weighted by atomic mass is 10.1. The number of halogens is 1. The van der Waals surface area contributed by atoms with Gasteiger partial charge < -0.3 is 10.6 Å². The molecule has 1 aromatic heterocycles. The molecule has 1 aliphatic rings. The van der Waals surface area contributed by atoms with Gasteiger partial charge in [0.15, 0.2) is 0 Å². The van der Waals surface area contributed by atoms with E-state index in [0.29, 0.717) is 10.6 Å². The number of anilines is 1. The summed E-state index contributed by atoms with van der Waals surface area (Å²) in [5.41, 5.74) is 7.41. The van der Waals surface area contributed by atoms with Gasteiger partial charge in [-0.05, 0) is 37.1 Å². The van der Waals surface area contributed by atoms with Crippen LogP contribution in [0.4, 0.5) is 5.82 Å². The third-order valence-corrected chi connectivity index (χ3v) is 3.89. The van der Waals surface area contributed by atoms with Crippen molar-refractivity contribution in [2.45, 2.75) is 18.9 Å². The smallest absolute Gasteiger partial charge is 0.130 e. The van der Waals surface area contributed by atoms with Gasteiger partial charge in [0.2, 0.25) is 0 Å². The highest BCUT2D eigenvalue weighted by Crippen LogP contribution is 2.26. The first-order valence-electron chi connectivity index (χ1n) is 6.68. The summed E-state index contributed by atoms with van der Waals surface area (Å²) in [4.78, 5) is 6.80. The van der Waals surface area contributed by atoms with Crippen LogP contribution in [0.3, 0.4) is 0 Å². The molecule has 2 N–H and O–H groups in total. The van der Waals surface area contributed by atoms with Crippen LogP contribution < -0.4 is 10.6 Å². The fourth-order valence-corrected chi connectivity index (χ4v) is 2.83. The van der Waals surface area contributed by atoms with Gasteiger partial charge >= 0.3 is 0 Å². The Balaban J connectivity index is 2.09. The predicted octanol–water partition coefficient (Wildman–Crippen LogP) is 2.69. The van der Waals surface area contributed by atoms with E-state index in [9.17, 15) is 5.26 Å². The second kappa shape index (κ2) is 5.28. The molecule has 102 valence electrons. The van der Waals surface area contributed by atoms with Crippen molar-refractivity contribution in [2.75, 3.05) is 18.0 Å². The molecule has 20 heavy (non-hydrogen) atoms. The van der Waals surface area contributed by atoms with Gasteiger partial charge in [0.05, 0.1) is 17.1 Å². The summed E-state index contributed by atoms with van der Waals surface area (Å²) in [7, 11) is 0. The third-order valence-electron chi connectivity index (χ3n) is 3.66. The molecule has 1 atom stereocenters. The normalized spacial score (nSPS) is 19.1. The fraction of sp³-hybridized carbons (Fsp3) is 0.333. The predicted molar refractivity (Wildman–Crippen MR) is 80.9 cm³/mol. The Morgan fingerprint density at radius 3 is 3.00 bits per heavy atom. The van der Waals surface area contributed by atoms with Crippen molar-refractivity contribution in [1.82, 2.24) is 4.98 Å². The lowest BCUT2D eigenvalue weighted by Crippen LogP contribution is -2.43. The zero-order valence-corrected chi connectivity index (χ0v) is 11.8. The van der Waals surface area contributed by atoms with Crippen molar-refractivity contribution in [3.8, 4) is 6.07 Å². The summed E-state index contributed by atoms with van der Waals surface area (Å²) >= 11 is 5.99. The van der Waals surface area contributed by atoms with E-state index in [0.717, 1.165) is 42.7 Å². The number of benzene rings is 1. The molecule has 2 heterocycles. The molecule has 0 spiro atoms. The van der Waals surface area contributed by atoms with Crippen LogP contribution in [-0.2, 0) is 0 Å². The van der Waals surface area contributed by atoms with Crippen molar-refractivity contribution in [2.24, 2.45) is 5.73 Å². The summed E-state index contributed by atoms with van der Waals surface area (Å²) in [6, 6.07) is 9.67. The van der Waals surface area contributed by atoms with Crippen LogP contribution in [0.25, 0.3) is 10.9 Å². The van der Waals surface area contributed by atoms with E-state index in [1.165, 1.54) is 0 Å². The molecule has 5 heteroatoms. The molecule has 0 saturated carbocycles. The van der Waals surface area contributed by atoms with E-state index in [1.807, 2.05) is 12.1 Å². The second-order valence-corrected chi connectivity index (χ2v) is 5.59. The summed E-state index contributed by atoms with van der Waals surface area (Å²) in [6.45, 7) is 1.72. The molecule has 0 aliphatic carbocycles. The molecule has 0 unspecified atom stereocenters. The highest BCUT2D eigenvalue weighted by Gasteiger charge is 2.19. The second-order valence-electron chi connectivity index (χ2n) is 5.15. The Labute approximate surface area is 122 Å². The van der Waals surface area contributed by atoms with Crippen molar-refractivity contribution < 1.29 is 0 Å². The number of hydrogen-bond acceptors (Lipinski definition) is 4. The summed E-state index contributed by atoms with van der Waals surface area (Å²) in [5, 5.41) is 10.7. The molecular formula is C15H15ClN4. The van der Waals surface area contributed by atoms with Gasteiger partial charge in [0, 0.05) is 29.5 Å².